The predicted octanol–water partition coefficient (Wildman–Crippen LogP) is 2.52. The molecule has 0 unspecified atom stereocenters. The van der Waals surface area contributed by atoms with Gasteiger partial charge in [0.2, 0.25) is 12.0 Å². The van der Waals surface area contributed by atoms with Gasteiger partial charge in [-0.3, -0.25) is 0 Å². The molecule has 0 atom stereocenters. The van der Waals surface area contributed by atoms with E-state index in [1.54, 1.807) is 0 Å². The monoisotopic (exact) mass is 177 g/mol. The summed E-state index contributed by atoms with van der Waals surface area (Å²) in [6, 6.07) is 1.85. The van der Waals surface area contributed by atoms with Crippen molar-refractivity contribution >= 4 is 12.0 Å². The first kappa shape index (κ1) is 8.27. The maximum absolute atomic E-state index is 10.0. The van der Waals surface area contributed by atoms with E-state index in [-0.39, 0.29) is 0 Å². The van der Waals surface area contributed by atoms with Gasteiger partial charge in [0.05, 0.1) is 0 Å². The molecule has 0 radical (unpaired) electrons. The van der Waals surface area contributed by atoms with Crippen molar-refractivity contribution in [3.63, 3.8) is 0 Å². The van der Waals surface area contributed by atoms with Crippen LogP contribution in [-0.4, -0.2) is 6.08 Å². The summed E-state index contributed by atoms with van der Waals surface area (Å²) in [5.74, 6) is 1.41. The molecule has 0 saturated carbocycles. The molecule has 0 fully saturated rings. The minimum absolute atomic E-state index is 0.405. The van der Waals surface area contributed by atoms with E-state index >= 15 is 0 Å². The van der Waals surface area contributed by atoms with Crippen molar-refractivity contribution in [1.82, 2.24) is 0 Å². The van der Waals surface area contributed by atoms with Gasteiger partial charge in [-0.25, -0.2) is 4.79 Å². The van der Waals surface area contributed by atoms with Gasteiger partial charge in [0.1, 0.15) is 5.76 Å². The fourth-order valence-corrected chi connectivity index (χ4v) is 1.75. The van der Waals surface area contributed by atoms with Crippen LogP contribution in [0.15, 0.2) is 15.5 Å². The molecular weight excluding hydrogens is 166 g/mol. The molecule has 68 valence electrons. The number of hydrogen-bond donors (Lipinski definition) is 0. The van der Waals surface area contributed by atoms with Crippen LogP contribution < -0.4 is 0 Å². The van der Waals surface area contributed by atoms with Crippen LogP contribution in [0, 0.1) is 0 Å². The number of nitrogens with zero attached hydrogens (tertiary/aromatic N) is 1. The number of fused-ring (bicyclic) bond motifs is 1. The number of rotatable bonds is 1. The van der Waals surface area contributed by atoms with E-state index in [0.29, 0.717) is 5.88 Å². The van der Waals surface area contributed by atoms with E-state index in [1.165, 1.54) is 30.9 Å². The Morgan fingerprint density at radius 1 is 1.31 bits per heavy atom. The summed E-state index contributed by atoms with van der Waals surface area (Å²) in [7, 11) is 0. The molecule has 1 heterocycles. The normalized spacial score (nSPS) is 15.7. The maximum Gasteiger partial charge on any atom is 0.243 e. The van der Waals surface area contributed by atoms with Crippen LogP contribution in [-0.2, 0) is 17.6 Å². The molecule has 0 bridgehead atoms. The average Bonchev–Trinajstić information content (AvgIpc) is 2.37. The molecule has 1 aromatic heterocycles. The summed E-state index contributed by atoms with van der Waals surface area (Å²) in [4.78, 5) is 13.5. The van der Waals surface area contributed by atoms with Gasteiger partial charge in [0.15, 0.2) is 0 Å². The van der Waals surface area contributed by atoms with E-state index in [4.69, 9.17) is 4.42 Å². The van der Waals surface area contributed by atoms with Crippen LogP contribution >= 0.6 is 0 Å². The zero-order chi connectivity index (χ0) is 9.10. The Balaban J connectivity index is 2.32. The lowest BCUT2D eigenvalue weighted by Crippen LogP contribution is -1.81. The smallest absolute Gasteiger partial charge is 0.243 e. The molecule has 0 spiro atoms. The zero-order valence-electron chi connectivity index (χ0n) is 7.38. The van der Waals surface area contributed by atoms with Gasteiger partial charge in [-0.15, -0.1) is 4.99 Å². The third-order valence-corrected chi connectivity index (χ3v) is 2.39. The van der Waals surface area contributed by atoms with Gasteiger partial charge in [-0.05, 0) is 24.8 Å². The van der Waals surface area contributed by atoms with Crippen molar-refractivity contribution in [2.24, 2.45) is 4.99 Å². The molecule has 0 N–H and O–H groups in total. The van der Waals surface area contributed by atoms with E-state index in [1.807, 2.05) is 6.07 Å². The second-order valence-corrected chi connectivity index (χ2v) is 3.30. The molecule has 1 aromatic rings. The third-order valence-electron chi connectivity index (χ3n) is 2.39. The highest BCUT2D eigenvalue weighted by molar-refractivity contribution is 5.45. The van der Waals surface area contributed by atoms with Crippen molar-refractivity contribution in [2.45, 2.75) is 32.1 Å². The molecule has 3 nitrogen and oxygen atoms in total. The summed E-state index contributed by atoms with van der Waals surface area (Å²) in [5, 5.41) is 0. The van der Waals surface area contributed by atoms with Gasteiger partial charge in [0, 0.05) is 12.5 Å². The van der Waals surface area contributed by atoms with Crippen LogP contribution in [0.2, 0.25) is 0 Å². The number of furan rings is 1. The van der Waals surface area contributed by atoms with Gasteiger partial charge >= 0.3 is 0 Å². The minimum atomic E-state index is 0.405. The summed E-state index contributed by atoms with van der Waals surface area (Å²) < 4.78 is 5.40. The van der Waals surface area contributed by atoms with Gasteiger partial charge in [0.25, 0.3) is 0 Å². The largest absolute Gasteiger partial charge is 0.442 e. The van der Waals surface area contributed by atoms with Gasteiger partial charge in [-0.2, -0.15) is 0 Å². The lowest BCUT2D eigenvalue weighted by molar-refractivity contribution is 0.508. The van der Waals surface area contributed by atoms with Crippen molar-refractivity contribution in [3.05, 3.63) is 17.4 Å². The molecule has 0 aliphatic heterocycles. The Labute approximate surface area is 76.5 Å². The average molecular weight is 177 g/mol. The first-order valence-corrected chi connectivity index (χ1v) is 4.59. The summed E-state index contributed by atoms with van der Waals surface area (Å²) in [5.41, 5.74) is 1.21. The van der Waals surface area contributed by atoms with Gasteiger partial charge < -0.3 is 4.42 Å². The topological polar surface area (TPSA) is 42.6 Å². The Morgan fingerprint density at radius 3 is 3.00 bits per heavy atom. The van der Waals surface area contributed by atoms with Crippen molar-refractivity contribution in [2.75, 3.05) is 0 Å². The number of aliphatic imine (C=N–C) groups is 1. The summed E-state index contributed by atoms with van der Waals surface area (Å²) in [6.45, 7) is 0. The minimum Gasteiger partial charge on any atom is -0.442 e. The molecule has 0 saturated heterocycles. The van der Waals surface area contributed by atoms with E-state index in [9.17, 15) is 4.79 Å². The maximum atomic E-state index is 10.0. The number of carbonyl (C=O) groups excluding carboxylic acids is 1. The molecule has 1 aliphatic rings. The van der Waals surface area contributed by atoms with E-state index in [2.05, 4.69) is 4.99 Å². The van der Waals surface area contributed by atoms with Crippen LogP contribution in [0.1, 0.15) is 30.6 Å². The SMILES string of the molecule is O=C=Nc1cc2c(o1)CCCCC2. The highest BCUT2D eigenvalue weighted by Crippen LogP contribution is 2.27. The predicted molar refractivity (Wildman–Crippen MR) is 47.7 cm³/mol. The van der Waals surface area contributed by atoms with E-state index in [0.717, 1.165) is 18.6 Å². The molecule has 1 aliphatic carbocycles. The number of hydrogen-bond acceptors (Lipinski definition) is 3. The second-order valence-electron chi connectivity index (χ2n) is 3.30. The molecule has 0 aromatic carbocycles. The third kappa shape index (κ3) is 1.70. The van der Waals surface area contributed by atoms with Crippen molar-refractivity contribution < 1.29 is 9.21 Å². The second kappa shape index (κ2) is 3.58. The van der Waals surface area contributed by atoms with Crippen LogP contribution in [0.25, 0.3) is 0 Å². The number of isocyanates is 1. The lowest BCUT2D eigenvalue weighted by atomic mass is 10.1. The molecule has 2 rings (SSSR count). The first-order valence-electron chi connectivity index (χ1n) is 4.59. The number of aryl methyl sites for hydroxylation is 2. The zero-order valence-corrected chi connectivity index (χ0v) is 7.38. The standard InChI is InChI=1S/C10H11NO2/c12-7-11-10-6-8-4-2-1-3-5-9(8)13-10/h6H,1-5H2. The Hall–Kier alpha value is -1.34. The summed E-state index contributed by atoms with van der Waals surface area (Å²) >= 11 is 0. The quantitative estimate of drug-likeness (QED) is 0.376. The Morgan fingerprint density at radius 2 is 2.15 bits per heavy atom. The fraction of sp³-hybridized carbons (Fsp3) is 0.500. The molecular formula is C10H11NO2. The molecule has 13 heavy (non-hydrogen) atoms. The van der Waals surface area contributed by atoms with Crippen molar-refractivity contribution in [3.8, 4) is 0 Å². The Kier molecular flexibility index (Phi) is 2.28. The van der Waals surface area contributed by atoms with Gasteiger partial charge in [-0.1, -0.05) is 6.42 Å². The molecule has 3 heteroatoms. The lowest BCUT2D eigenvalue weighted by Gasteiger charge is -1.91. The first-order chi connectivity index (χ1) is 6.40. The van der Waals surface area contributed by atoms with Crippen LogP contribution in [0.3, 0.4) is 0 Å². The fourth-order valence-electron chi connectivity index (χ4n) is 1.75. The highest BCUT2D eigenvalue weighted by Gasteiger charge is 2.13. The van der Waals surface area contributed by atoms with Crippen LogP contribution in [0.5, 0.6) is 0 Å². The van der Waals surface area contributed by atoms with Crippen LogP contribution in [0.4, 0.5) is 5.88 Å². The van der Waals surface area contributed by atoms with Crippen molar-refractivity contribution in [1.29, 1.82) is 0 Å². The molecule has 0 amide bonds. The summed E-state index contributed by atoms with van der Waals surface area (Å²) in [6.07, 6.45) is 7.15. The Bertz CT molecular complexity index is 324. The van der Waals surface area contributed by atoms with E-state index < -0.39 is 0 Å². The highest BCUT2D eigenvalue weighted by atomic mass is 16.4.